The number of halogens is 1. The van der Waals surface area contributed by atoms with Gasteiger partial charge in [0.1, 0.15) is 0 Å². The van der Waals surface area contributed by atoms with Crippen molar-refractivity contribution in [3.8, 4) is 0 Å². The lowest BCUT2D eigenvalue weighted by molar-refractivity contribution is 0.281. The van der Waals surface area contributed by atoms with Crippen LogP contribution >= 0.6 is 21.3 Å². The van der Waals surface area contributed by atoms with Crippen LogP contribution in [0.4, 0.5) is 0 Å². The molecule has 1 nitrogen and oxygen atoms in total. The minimum absolute atomic E-state index is 0.0174. The smallest absolute Gasteiger partial charge is 0.159 e. The van der Waals surface area contributed by atoms with Crippen molar-refractivity contribution >= 4 is 21.3 Å². The van der Waals surface area contributed by atoms with E-state index in [0.29, 0.717) is 5.92 Å². The molecular formula is C8H16BrOP. The van der Waals surface area contributed by atoms with E-state index in [-0.39, 0.29) is 10.3 Å². The van der Waals surface area contributed by atoms with Crippen molar-refractivity contribution in [1.29, 1.82) is 0 Å². The molecule has 0 radical (unpaired) electrons. The second-order valence-electron chi connectivity index (χ2n) is 4.56. The molecule has 0 aromatic rings. The Balaban J connectivity index is 3.09. The van der Waals surface area contributed by atoms with Gasteiger partial charge in [0.25, 0.3) is 0 Å². The highest BCUT2D eigenvalue weighted by Crippen LogP contribution is 2.86. The molecule has 1 rings (SSSR count). The number of rotatable bonds is 0. The van der Waals surface area contributed by atoms with E-state index < -0.39 is 5.84 Å². The van der Waals surface area contributed by atoms with Crippen LogP contribution in [0.3, 0.4) is 0 Å². The van der Waals surface area contributed by atoms with Crippen LogP contribution in [0.1, 0.15) is 34.6 Å². The summed E-state index contributed by atoms with van der Waals surface area (Å²) in [5.74, 6) is -1.59. The molecule has 0 spiro atoms. The highest BCUT2D eigenvalue weighted by Gasteiger charge is 2.66. The molecule has 1 aliphatic rings. The monoisotopic (exact) mass is 238 g/mol. The van der Waals surface area contributed by atoms with Crippen molar-refractivity contribution < 1.29 is 4.57 Å². The van der Waals surface area contributed by atoms with E-state index in [0.717, 1.165) is 0 Å². The third kappa shape index (κ3) is 0.862. The summed E-state index contributed by atoms with van der Waals surface area (Å²) in [6.45, 7) is 10.5. The van der Waals surface area contributed by atoms with Gasteiger partial charge in [-0.1, -0.05) is 34.6 Å². The number of hydrogen-bond acceptors (Lipinski definition) is 1. The van der Waals surface area contributed by atoms with Crippen molar-refractivity contribution in [3.63, 3.8) is 0 Å². The Morgan fingerprint density at radius 1 is 1.18 bits per heavy atom. The van der Waals surface area contributed by atoms with Crippen molar-refractivity contribution in [3.05, 3.63) is 0 Å². The second kappa shape index (κ2) is 2.14. The van der Waals surface area contributed by atoms with Gasteiger partial charge in [-0.2, -0.15) is 0 Å². The molecule has 0 N–H and O–H groups in total. The first-order chi connectivity index (χ1) is 4.65. The third-order valence-corrected chi connectivity index (χ3v) is 12.8. The average Bonchev–Trinajstić information content (AvgIpc) is 1.84. The summed E-state index contributed by atoms with van der Waals surface area (Å²) in [5.41, 5.74) is 0. The van der Waals surface area contributed by atoms with Crippen LogP contribution in [0, 0.1) is 5.92 Å². The maximum Gasteiger partial charge on any atom is 0.159 e. The number of hydrogen-bond donors (Lipinski definition) is 0. The summed E-state index contributed by atoms with van der Waals surface area (Å²) in [4.78, 5) is 0. The fraction of sp³-hybridized carbons (Fsp3) is 1.00. The lowest BCUT2D eigenvalue weighted by Crippen LogP contribution is -2.55. The highest BCUT2D eigenvalue weighted by molar-refractivity contribution is 9.40. The molecule has 0 unspecified atom stereocenters. The van der Waals surface area contributed by atoms with Gasteiger partial charge in [0, 0.05) is 10.3 Å². The van der Waals surface area contributed by atoms with Crippen LogP contribution in [0.5, 0.6) is 0 Å². The topological polar surface area (TPSA) is 17.1 Å². The normalized spacial score (nSPS) is 46.5. The summed E-state index contributed by atoms with van der Waals surface area (Å²) < 4.78 is 12.1. The van der Waals surface area contributed by atoms with Gasteiger partial charge in [0.15, 0.2) is 5.84 Å². The van der Waals surface area contributed by atoms with Gasteiger partial charge in [-0.05, 0) is 21.4 Å². The Morgan fingerprint density at radius 3 is 1.55 bits per heavy atom. The molecule has 0 aromatic heterocycles. The van der Waals surface area contributed by atoms with Crippen LogP contribution in [-0.4, -0.2) is 10.3 Å². The molecule has 0 saturated carbocycles. The van der Waals surface area contributed by atoms with Gasteiger partial charge in [-0.15, -0.1) is 0 Å². The Bertz CT molecular complexity index is 212. The highest BCUT2D eigenvalue weighted by atomic mass is 79.9. The summed E-state index contributed by atoms with van der Waals surface area (Å²) in [7, 11) is 0. The third-order valence-electron chi connectivity index (χ3n) is 3.60. The largest absolute Gasteiger partial charge is 0.310 e. The Morgan fingerprint density at radius 2 is 1.45 bits per heavy atom. The maximum absolute atomic E-state index is 12.1. The van der Waals surface area contributed by atoms with Crippen molar-refractivity contribution in [1.82, 2.24) is 0 Å². The first-order valence-corrected chi connectivity index (χ1v) is 7.68. The summed E-state index contributed by atoms with van der Waals surface area (Å²) in [6, 6.07) is 0. The second-order valence-corrected chi connectivity index (χ2v) is 10.9. The minimum atomic E-state index is -2.12. The standard InChI is InChI=1S/C8H16BrOP/c1-6-7(2,3)11(9,10)8(6,4)5/h6H,1-5H3. The molecule has 1 aliphatic heterocycles. The van der Waals surface area contributed by atoms with Crippen LogP contribution in [-0.2, 0) is 4.57 Å². The fourth-order valence-electron chi connectivity index (χ4n) is 2.04. The molecule has 0 aromatic carbocycles. The SMILES string of the molecule is CC1C(C)(C)P(=O)(Br)C1(C)C. The minimum Gasteiger partial charge on any atom is -0.310 e. The van der Waals surface area contributed by atoms with Crippen molar-refractivity contribution in [2.75, 3.05) is 0 Å². The average molecular weight is 239 g/mol. The van der Waals surface area contributed by atoms with Crippen molar-refractivity contribution in [2.24, 2.45) is 5.92 Å². The molecule has 11 heavy (non-hydrogen) atoms. The van der Waals surface area contributed by atoms with Crippen LogP contribution in [0.15, 0.2) is 0 Å². The van der Waals surface area contributed by atoms with E-state index in [1.807, 2.05) is 0 Å². The molecule has 0 amide bonds. The molecule has 1 fully saturated rings. The summed E-state index contributed by atoms with van der Waals surface area (Å²) >= 11 is 3.40. The van der Waals surface area contributed by atoms with E-state index in [1.54, 1.807) is 0 Å². The van der Waals surface area contributed by atoms with E-state index >= 15 is 0 Å². The zero-order chi connectivity index (χ0) is 9.08. The summed E-state index contributed by atoms with van der Waals surface area (Å²) in [5, 5.41) is -0.0347. The first-order valence-electron chi connectivity index (χ1n) is 3.95. The predicted octanol–water partition coefficient (Wildman–Crippen LogP) is 3.87. The molecule has 0 aliphatic carbocycles. The van der Waals surface area contributed by atoms with E-state index in [2.05, 4.69) is 50.1 Å². The first kappa shape index (κ1) is 9.80. The van der Waals surface area contributed by atoms with Crippen LogP contribution in [0.25, 0.3) is 0 Å². The van der Waals surface area contributed by atoms with Crippen LogP contribution < -0.4 is 0 Å². The van der Waals surface area contributed by atoms with E-state index in [9.17, 15) is 4.57 Å². The molecule has 0 bridgehead atoms. The van der Waals surface area contributed by atoms with Crippen LogP contribution in [0.2, 0.25) is 0 Å². The Kier molecular flexibility index (Phi) is 1.91. The van der Waals surface area contributed by atoms with Crippen molar-refractivity contribution in [2.45, 2.75) is 44.9 Å². The molecule has 0 atom stereocenters. The molecule has 3 heteroatoms. The van der Waals surface area contributed by atoms with Gasteiger partial charge < -0.3 is 4.57 Å². The lowest BCUT2D eigenvalue weighted by Gasteiger charge is -2.60. The molecule has 1 saturated heterocycles. The molecule has 1 heterocycles. The zero-order valence-corrected chi connectivity index (χ0v) is 10.3. The molecular weight excluding hydrogens is 223 g/mol. The Labute approximate surface area is 77.1 Å². The van der Waals surface area contributed by atoms with Gasteiger partial charge in [0.2, 0.25) is 0 Å². The zero-order valence-electron chi connectivity index (χ0n) is 7.81. The van der Waals surface area contributed by atoms with Gasteiger partial charge in [-0.3, -0.25) is 0 Å². The van der Waals surface area contributed by atoms with E-state index in [1.165, 1.54) is 0 Å². The van der Waals surface area contributed by atoms with E-state index in [4.69, 9.17) is 0 Å². The fourth-order valence-corrected chi connectivity index (χ4v) is 6.81. The lowest BCUT2D eigenvalue weighted by atomic mass is 9.83. The molecule has 66 valence electrons. The van der Waals surface area contributed by atoms with Gasteiger partial charge in [0.05, 0.1) is 0 Å². The quantitative estimate of drug-likeness (QED) is 0.586. The summed E-state index contributed by atoms with van der Waals surface area (Å²) in [6.07, 6.45) is 0. The van der Waals surface area contributed by atoms with Gasteiger partial charge in [-0.25, -0.2) is 0 Å². The maximum atomic E-state index is 12.1. The Hall–Kier alpha value is 0.710. The van der Waals surface area contributed by atoms with Gasteiger partial charge >= 0.3 is 0 Å². The predicted molar refractivity (Wildman–Crippen MR) is 53.9 cm³/mol.